The van der Waals surface area contributed by atoms with Crippen molar-refractivity contribution in [2.75, 3.05) is 0 Å². The van der Waals surface area contributed by atoms with Crippen molar-refractivity contribution in [3.8, 4) is 0 Å². The number of hydrogen-bond acceptors (Lipinski definition) is 4. The smallest absolute Gasteiger partial charge is 0.335 e. The van der Waals surface area contributed by atoms with Gasteiger partial charge in [-0.3, -0.25) is 0 Å². The van der Waals surface area contributed by atoms with Crippen molar-refractivity contribution >= 4 is 5.97 Å². The monoisotopic (exact) mass is 414 g/mol. The molecule has 1 aromatic carbocycles. The van der Waals surface area contributed by atoms with Crippen LogP contribution >= 0.6 is 0 Å². The number of carboxylic acids is 1. The van der Waals surface area contributed by atoms with Crippen molar-refractivity contribution in [1.82, 2.24) is 0 Å². The van der Waals surface area contributed by atoms with Gasteiger partial charge in [0.25, 0.3) is 0 Å². The van der Waals surface area contributed by atoms with E-state index in [1.165, 1.54) is 19.3 Å². The van der Waals surface area contributed by atoms with E-state index in [4.69, 9.17) is 14.2 Å². The van der Waals surface area contributed by atoms with Crippen molar-refractivity contribution in [2.24, 2.45) is 29.6 Å². The second-order valence-electron chi connectivity index (χ2n) is 10.1. The van der Waals surface area contributed by atoms with Gasteiger partial charge in [-0.2, -0.15) is 0 Å². The third-order valence-electron chi connectivity index (χ3n) is 8.35. The summed E-state index contributed by atoms with van der Waals surface area (Å²) in [5, 5.41) is 9.27. The number of ether oxygens (including phenoxy) is 3. The lowest BCUT2D eigenvalue weighted by Crippen LogP contribution is -2.53. The van der Waals surface area contributed by atoms with Gasteiger partial charge < -0.3 is 19.3 Å². The molecule has 1 saturated carbocycles. The second-order valence-corrected chi connectivity index (χ2v) is 10.1. The van der Waals surface area contributed by atoms with Gasteiger partial charge in [0, 0.05) is 11.8 Å². The Morgan fingerprint density at radius 1 is 1.03 bits per heavy atom. The molecule has 30 heavy (non-hydrogen) atoms. The number of aryl methyl sites for hydroxylation is 1. The predicted molar refractivity (Wildman–Crippen MR) is 112 cm³/mol. The lowest BCUT2D eigenvalue weighted by atomic mass is 9.61. The topological polar surface area (TPSA) is 65.0 Å². The van der Waals surface area contributed by atoms with Crippen molar-refractivity contribution in [2.45, 2.75) is 84.1 Å². The van der Waals surface area contributed by atoms with Crippen molar-refractivity contribution < 1.29 is 24.1 Å². The Labute approximate surface area is 179 Å². The lowest BCUT2D eigenvalue weighted by Gasteiger charge is -2.52. The summed E-state index contributed by atoms with van der Waals surface area (Å²) in [6.45, 7) is 6.86. The van der Waals surface area contributed by atoms with Crippen molar-refractivity contribution in [3.63, 3.8) is 0 Å². The maximum absolute atomic E-state index is 11.3. The summed E-state index contributed by atoms with van der Waals surface area (Å²) in [6.07, 6.45) is 6.34. The van der Waals surface area contributed by atoms with E-state index in [0.717, 1.165) is 36.3 Å². The highest BCUT2D eigenvalue weighted by molar-refractivity contribution is 5.88. The van der Waals surface area contributed by atoms with Crippen LogP contribution in [0.25, 0.3) is 0 Å². The van der Waals surface area contributed by atoms with E-state index >= 15 is 0 Å². The van der Waals surface area contributed by atoms with Crippen LogP contribution in [0.2, 0.25) is 0 Å². The number of carbonyl (C=O) groups is 1. The number of hydrogen-bond donors (Lipinski definition) is 1. The average Bonchev–Trinajstić information content (AvgIpc) is 3.03. The van der Waals surface area contributed by atoms with E-state index in [0.29, 0.717) is 29.2 Å². The summed E-state index contributed by atoms with van der Waals surface area (Å²) in [5.41, 5.74) is 2.55. The minimum absolute atomic E-state index is 0.0339. The van der Waals surface area contributed by atoms with Gasteiger partial charge in [0.05, 0.1) is 17.8 Å². The first-order chi connectivity index (χ1) is 14.4. The van der Waals surface area contributed by atoms with E-state index in [1.807, 2.05) is 6.07 Å². The van der Waals surface area contributed by atoms with Gasteiger partial charge in [-0.05, 0) is 80.0 Å². The Kier molecular flexibility index (Phi) is 5.41. The molecule has 5 nitrogen and oxygen atoms in total. The fourth-order valence-corrected chi connectivity index (χ4v) is 6.62. The van der Waals surface area contributed by atoms with Crippen LogP contribution < -0.4 is 0 Å². The molecule has 9 atom stereocenters. The number of carboxylic acid groups (broad SMARTS) is 1. The van der Waals surface area contributed by atoms with Crippen LogP contribution in [-0.4, -0.2) is 29.8 Å². The first kappa shape index (κ1) is 20.5. The molecule has 5 rings (SSSR count). The lowest BCUT2D eigenvalue weighted by molar-refractivity contribution is -0.342. The van der Waals surface area contributed by atoms with Gasteiger partial charge in [-0.1, -0.05) is 26.3 Å². The molecule has 2 heterocycles. The molecule has 3 unspecified atom stereocenters. The first-order valence-corrected chi connectivity index (χ1v) is 11.7. The maximum atomic E-state index is 11.3. The molecule has 4 aliphatic rings. The first-order valence-electron chi connectivity index (χ1n) is 11.7. The molecule has 0 amide bonds. The van der Waals surface area contributed by atoms with Gasteiger partial charge in [-0.15, -0.1) is 0 Å². The summed E-state index contributed by atoms with van der Waals surface area (Å²) in [6, 6.07) is 5.41. The molecule has 2 aliphatic heterocycles. The van der Waals surface area contributed by atoms with Crippen LogP contribution in [0.5, 0.6) is 0 Å². The van der Waals surface area contributed by atoms with Crippen LogP contribution in [0.3, 0.4) is 0 Å². The van der Waals surface area contributed by atoms with Gasteiger partial charge in [-0.25, -0.2) is 4.79 Å². The van der Waals surface area contributed by atoms with Crippen LogP contribution in [0.1, 0.15) is 80.5 Å². The number of aromatic carboxylic acids is 1. The van der Waals surface area contributed by atoms with Crippen molar-refractivity contribution in [1.29, 1.82) is 0 Å². The fourth-order valence-electron chi connectivity index (χ4n) is 6.62. The molecule has 5 heteroatoms. The molecule has 0 spiro atoms. The molecule has 2 saturated heterocycles. The Morgan fingerprint density at radius 3 is 2.63 bits per heavy atom. The third-order valence-corrected chi connectivity index (χ3v) is 8.35. The molecule has 1 N–H and O–H groups in total. The normalized spacial score (nSPS) is 42.8. The summed E-state index contributed by atoms with van der Waals surface area (Å²) >= 11 is 0. The fraction of sp³-hybridized carbons (Fsp3) is 0.720. The molecule has 0 bridgehead atoms. The van der Waals surface area contributed by atoms with Gasteiger partial charge in [0.1, 0.15) is 0 Å². The molecule has 3 fully saturated rings. The highest BCUT2D eigenvalue weighted by atomic mass is 16.8. The maximum Gasteiger partial charge on any atom is 0.335 e. The van der Waals surface area contributed by atoms with E-state index in [1.54, 1.807) is 12.1 Å². The van der Waals surface area contributed by atoms with E-state index in [9.17, 15) is 9.90 Å². The van der Waals surface area contributed by atoms with E-state index in [2.05, 4.69) is 20.8 Å². The highest BCUT2D eigenvalue weighted by Gasteiger charge is 2.53. The highest BCUT2D eigenvalue weighted by Crippen LogP contribution is 2.53. The quantitative estimate of drug-likeness (QED) is 0.738. The molecule has 0 radical (unpaired) electrons. The van der Waals surface area contributed by atoms with Crippen LogP contribution in [0, 0.1) is 29.6 Å². The second kappa shape index (κ2) is 7.92. The Hall–Kier alpha value is -1.43. The Balaban J connectivity index is 1.36. The number of rotatable bonds is 3. The summed E-state index contributed by atoms with van der Waals surface area (Å²) < 4.78 is 19.5. The molecule has 1 aromatic rings. The van der Waals surface area contributed by atoms with E-state index in [-0.39, 0.29) is 24.8 Å². The number of fused-ring (bicyclic) bond motifs is 1. The third kappa shape index (κ3) is 3.49. The summed E-state index contributed by atoms with van der Waals surface area (Å²) in [5.74, 6) is 1.93. The van der Waals surface area contributed by atoms with Crippen LogP contribution in [0.15, 0.2) is 18.2 Å². The molecule has 2 aliphatic carbocycles. The minimum Gasteiger partial charge on any atom is -0.478 e. The Bertz CT molecular complexity index is 807. The van der Waals surface area contributed by atoms with E-state index < -0.39 is 5.97 Å². The zero-order valence-electron chi connectivity index (χ0n) is 18.3. The minimum atomic E-state index is -0.877. The Morgan fingerprint density at radius 2 is 1.83 bits per heavy atom. The molecular formula is C25H34O5. The zero-order chi connectivity index (χ0) is 21.0. The molecular weight excluding hydrogens is 380 g/mol. The van der Waals surface area contributed by atoms with Crippen LogP contribution in [-0.2, 0) is 20.6 Å². The predicted octanol–water partition coefficient (Wildman–Crippen LogP) is 5.18. The average molecular weight is 415 g/mol. The SMILES string of the molecule is CC1CC[C@@H]2C3[C@@H](O1)O[C@@H](OC1CCc4cc(C(=O)O)ccc41)[C@H](C)[C@@H]3CC[C@H]2C. The zero-order valence-corrected chi connectivity index (χ0v) is 18.3. The molecule has 164 valence electrons. The number of benzene rings is 1. The largest absolute Gasteiger partial charge is 0.478 e. The van der Waals surface area contributed by atoms with Crippen LogP contribution in [0.4, 0.5) is 0 Å². The van der Waals surface area contributed by atoms with Gasteiger partial charge >= 0.3 is 5.97 Å². The van der Waals surface area contributed by atoms with Crippen molar-refractivity contribution in [3.05, 3.63) is 34.9 Å². The molecule has 0 aromatic heterocycles. The summed E-state index contributed by atoms with van der Waals surface area (Å²) in [4.78, 5) is 11.3. The summed E-state index contributed by atoms with van der Waals surface area (Å²) in [7, 11) is 0. The standard InChI is InChI=1S/C25H34O5/c1-13-4-8-19-15(3)24(30-25-22(19)18(13)9-5-14(2)28-25)29-21-11-7-16-12-17(23(26)27)6-10-20(16)21/h6,10,12-15,18-19,21-22,24-25H,4-5,7-9,11H2,1-3H3,(H,26,27)/t13-,14?,15-,18+,19+,21?,22?,24-,25+/m1/s1. The van der Waals surface area contributed by atoms with Gasteiger partial charge in [0.15, 0.2) is 12.6 Å². The van der Waals surface area contributed by atoms with Gasteiger partial charge in [0.2, 0.25) is 0 Å².